The number of rotatable bonds is 3. The monoisotopic (exact) mass is 358 g/mol. The van der Waals surface area contributed by atoms with Gasteiger partial charge in [0.2, 0.25) is 0 Å². The van der Waals surface area contributed by atoms with E-state index in [-0.39, 0.29) is 11.5 Å². The van der Waals surface area contributed by atoms with Crippen LogP contribution >= 0.6 is 0 Å². The number of benzene rings is 3. The third-order valence-electron chi connectivity index (χ3n) is 4.55. The highest BCUT2D eigenvalue weighted by molar-refractivity contribution is 6.14. The molecule has 1 aliphatic rings. The number of Topliss-reactive ketones (excluding diaryl/α,β-unsaturated/α-hetero) is 1. The number of ketones is 1. The van der Waals surface area contributed by atoms with Gasteiger partial charge in [-0.3, -0.25) is 4.79 Å². The van der Waals surface area contributed by atoms with Crippen molar-refractivity contribution in [1.82, 2.24) is 0 Å². The number of phenolic OH excluding ortho intramolecular Hbond substituents is 1. The lowest BCUT2D eigenvalue weighted by Gasteiger charge is -2.28. The molecule has 1 aliphatic heterocycles. The Balaban J connectivity index is 1.85. The third kappa shape index (κ3) is 3.17. The summed E-state index contributed by atoms with van der Waals surface area (Å²) in [6, 6.07) is 21.9. The second-order valence-corrected chi connectivity index (χ2v) is 6.26. The van der Waals surface area contributed by atoms with Crippen LogP contribution in [-0.4, -0.2) is 18.0 Å². The number of methoxy groups -OCH3 is 1. The van der Waals surface area contributed by atoms with Crippen LogP contribution in [-0.2, 0) is 0 Å². The summed E-state index contributed by atoms with van der Waals surface area (Å²) in [6.07, 6.45) is 1.28. The van der Waals surface area contributed by atoms with Crippen LogP contribution in [0.4, 0.5) is 0 Å². The molecule has 4 nitrogen and oxygen atoms in total. The number of para-hydroxylation sites is 1. The molecule has 3 aromatic carbocycles. The Labute approximate surface area is 157 Å². The fraction of sp³-hybridized carbons (Fsp3) is 0.0870. The summed E-state index contributed by atoms with van der Waals surface area (Å²) in [5.41, 5.74) is 2.73. The summed E-state index contributed by atoms with van der Waals surface area (Å²) in [5.74, 6) is 0.913. The Kier molecular flexibility index (Phi) is 4.38. The van der Waals surface area contributed by atoms with Gasteiger partial charge in [-0.05, 0) is 41.5 Å². The van der Waals surface area contributed by atoms with E-state index >= 15 is 0 Å². The van der Waals surface area contributed by atoms with Gasteiger partial charge in [0.1, 0.15) is 5.75 Å². The molecule has 0 aromatic heterocycles. The van der Waals surface area contributed by atoms with Gasteiger partial charge in [-0.1, -0.05) is 48.5 Å². The molecule has 4 heteroatoms. The van der Waals surface area contributed by atoms with Crippen molar-refractivity contribution in [2.24, 2.45) is 0 Å². The highest BCUT2D eigenvalue weighted by atomic mass is 16.5. The number of carbonyl (C=O) groups is 1. The maximum absolute atomic E-state index is 13.2. The van der Waals surface area contributed by atoms with Gasteiger partial charge in [0.25, 0.3) is 0 Å². The zero-order chi connectivity index (χ0) is 18.8. The number of fused-ring (bicyclic) bond motifs is 1. The van der Waals surface area contributed by atoms with Crippen LogP contribution < -0.4 is 9.47 Å². The predicted octanol–water partition coefficient (Wildman–Crippen LogP) is 4.80. The molecule has 134 valence electrons. The van der Waals surface area contributed by atoms with Gasteiger partial charge in [0, 0.05) is 5.57 Å². The molecule has 0 saturated carbocycles. The van der Waals surface area contributed by atoms with Crippen molar-refractivity contribution in [3.63, 3.8) is 0 Å². The van der Waals surface area contributed by atoms with E-state index in [4.69, 9.17) is 9.47 Å². The van der Waals surface area contributed by atoms with Crippen molar-refractivity contribution in [3.05, 3.63) is 95.1 Å². The Hall–Kier alpha value is -3.53. The Bertz CT molecular complexity index is 1020. The first-order valence-corrected chi connectivity index (χ1v) is 8.61. The minimum Gasteiger partial charge on any atom is -0.504 e. The van der Waals surface area contributed by atoms with E-state index in [0.29, 0.717) is 22.6 Å². The van der Waals surface area contributed by atoms with Gasteiger partial charge < -0.3 is 14.6 Å². The van der Waals surface area contributed by atoms with Crippen LogP contribution in [0.3, 0.4) is 0 Å². The SMILES string of the molecule is COc1cc(/C=C2/C(=O)c3ccccc3O[C@H]2c2ccccc2)ccc1O. The lowest BCUT2D eigenvalue weighted by molar-refractivity contribution is 0.0963. The minimum atomic E-state index is -0.506. The molecule has 1 heterocycles. The summed E-state index contributed by atoms with van der Waals surface area (Å²) in [4.78, 5) is 13.2. The molecule has 0 amide bonds. The molecule has 0 radical (unpaired) electrons. The first-order valence-electron chi connectivity index (χ1n) is 8.61. The summed E-state index contributed by atoms with van der Waals surface area (Å²) in [6.45, 7) is 0. The number of aromatic hydroxyl groups is 1. The molecule has 4 rings (SSSR count). The molecule has 0 fully saturated rings. The van der Waals surface area contributed by atoms with Crippen LogP contribution in [0.5, 0.6) is 17.2 Å². The summed E-state index contributed by atoms with van der Waals surface area (Å²) in [5, 5.41) is 9.82. The first-order chi connectivity index (χ1) is 13.2. The molecule has 0 unspecified atom stereocenters. The normalized spacial score (nSPS) is 17.3. The fourth-order valence-electron chi connectivity index (χ4n) is 3.20. The Morgan fingerprint density at radius 2 is 1.74 bits per heavy atom. The maximum Gasteiger partial charge on any atom is 0.196 e. The summed E-state index contributed by atoms with van der Waals surface area (Å²) < 4.78 is 11.4. The van der Waals surface area contributed by atoms with Crippen molar-refractivity contribution in [1.29, 1.82) is 0 Å². The van der Waals surface area contributed by atoms with Crippen LogP contribution in [0.2, 0.25) is 0 Å². The van der Waals surface area contributed by atoms with E-state index in [1.54, 1.807) is 30.3 Å². The Morgan fingerprint density at radius 1 is 1.00 bits per heavy atom. The lowest BCUT2D eigenvalue weighted by atomic mass is 9.89. The molecular weight excluding hydrogens is 340 g/mol. The molecule has 0 aliphatic carbocycles. The first kappa shape index (κ1) is 16.9. The highest BCUT2D eigenvalue weighted by Gasteiger charge is 2.32. The quantitative estimate of drug-likeness (QED) is 0.683. The maximum atomic E-state index is 13.2. The number of hydrogen-bond donors (Lipinski definition) is 1. The highest BCUT2D eigenvalue weighted by Crippen LogP contribution is 2.39. The van der Waals surface area contributed by atoms with Gasteiger partial charge in [-0.25, -0.2) is 0 Å². The largest absolute Gasteiger partial charge is 0.504 e. The molecule has 1 N–H and O–H groups in total. The third-order valence-corrected chi connectivity index (χ3v) is 4.55. The number of hydrogen-bond acceptors (Lipinski definition) is 4. The van der Waals surface area contributed by atoms with Crippen molar-refractivity contribution in [3.8, 4) is 17.2 Å². The lowest BCUT2D eigenvalue weighted by Crippen LogP contribution is -2.23. The van der Waals surface area contributed by atoms with E-state index in [9.17, 15) is 9.90 Å². The number of ether oxygens (including phenoxy) is 2. The van der Waals surface area contributed by atoms with Gasteiger partial charge in [-0.15, -0.1) is 0 Å². The smallest absolute Gasteiger partial charge is 0.196 e. The topological polar surface area (TPSA) is 55.8 Å². The second kappa shape index (κ2) is 7.00. The number of carbonyl (C=O) groups excluding carboxylic acids is 1. The van der Waals surface area contributed by atoms with Gasteiger partial charge in [-0.2, -0.15) is 0 Å². The minimum absolute atomic E-state index is 0.0517. The van der Waals surface area contributed by atoms with Crippen molar-refractivity contribution < 1.29 is 19.4 Å². The van der Waals surface area contributed by atoms with Crippen LogP contribution in [0.1, 0.15) is 27.6 Å². The van der Waals surface area contributed by atoms with Crippen molar-refractivity contribution in [2.45, 2.75) is 6.10 Å². The Morgan fingerprint density at radius 3 is 2.52 bits per heavy atom. The van der Waals surface area contributed by atoms with Crippen LogP contribution in [0, 0.1) is 0 Å². The molecule has 0 saturated heterocycles. The van der Waals surface area contributed by atoms with E-state index in [1.165, 1.54) is 7.11 Å². The fourth-order valence-corrected chi connectivity index (χ4v) is 3.20. The molecule has 0 bridgehead atoms. The van der Waals surface area contributed by atoms with Crippen molar-refractivity contribution >= 4 is 11.9 Å². The predicted molar refractivity (Wildman–Crippen MR) is 103 cm³/mol. The van der Waals surface area contributed by atoms with Gasteiger partial charge >= 0.3 is 0 Å². The summed E-state index contributed by atoms with van der Waals surface area (Å²) >= 11 is 0. The van der Waals surface area contributed by atoms with Gasteiger partial charge in [0.15, 0.2) is 23.4 Å². The molecular formula is C23H18O4. The number of phenols is 1. The van der Waals surface area contributed by atoms with E-state index < -0.39 is 6.10 Å². The van der Waals surface area contributed by atoms with Crippen LogP contribution in [0.25, 0.3) is 6.08 Å². The average Bonchev–Trinajstić information content (AvgIpc) is 2.72. The average molecular weight is 358 g/mol. The zero-order valence-corrected chi connectivity index (χ0v) is 14.8. The molecule has 3 aromatic rings. The second-order valence-electron chi connectivity index (χ2n) is 6.26. The van der Waals surface area contributed by atoms with E-state index in [2.05, 4.69) is 0 Å². The molecule has 0 spiro atoms. The molecule has 27 heavy (non-hydrogen) atoms. The van der Waals surface area contributed by atoms with Crippen LogP contribution in [0.15, 0.2) is 78.4 Å². The van der Waals surface area contributed by atoms with Gasteiger partial charge in [0.05, 0.1) is 12.7 Å². The van der Waals surface area contributed by atoms with E-state index in [1.807, 2.05) is 48.5 Å². The zero-order valence-electron chi connectivity index (χ0n) is 14.8. The standard InChI is InChI=1S/C23H18O4/c1-26-21-14-15(11-12-19(21)24)13-18-22(25)17-9-5-6-10-20(17)27-23(18)16-7-3-2-4-8-16/h2-14,23-24H,1H3/b18-13-/t23-/m0/s1. The summed E-state index contributed by atoms with van der Waals surface area (Å²) in [7, 11) is 1.49. The van der Waals surface area contributed by atoms with Crippen molar-refractivity contribution in [2.75, 3.05) is 7.11 Å². The van der Waals surface area contributed by atoms with E-state index in [0.717, 1.165) is 11.1 Å². The molecule has 1 atom stereocenters.